The third-order valence-corrected chi connectivity index (χ3v) is 4.30. The number of carbonyl (C=O) groups is 1. The molecule has 1 aliphatic carbocycles. The molecule has 0 heterocycles. The summed E-state index contributed by atoms with van der Waals surface area (Å²) in [7, 11) is 0. The second-order valence-electron chi connectivity index (χ2n) is 5.82. The summed E-state index contributed by atoms with van der Waals surface area (Å²) in [5.41, 5.74) is 1.83. The molecule has 0 aliphatic heterocycles. The van der Waals surface area contributed by atoms with Gasteiger partial charge in [-0.25, -0.2) is 4.79 Å². The van der Waals surface area contributed by atoms with Crippen LogP contribution in [0.2, 0.25) is 0 Å². The molecule has 0 saturated heterocycles. The Balaban J connectivity index is 2.26. The van der Waals surface area contributed by atoms with Gasteiger partial charge in [-0.3, -0.25) is 0 Å². The van der Waals surface area contributed by atoms with Crippen LogP contribution in [-0.4, -0.2) is 17.2 Å². The maximum atomic E-state index is 10.7. The van der Waals surface area contributed by atoms with Crippen molar-refractivity contribution in [2.75, 3.05) is 0 Å². The summed E-state index contributed by atoms with van der Waals surface area (Å²) in [6.07, 6.45) is 7.58. The molecule has 1 aliphatic rings. The molecule has 1 N–H and O–H groups in total. The first-order chi connectivity index (χ1) is 9.95. The van der Waals surface area contributed by atoms with Gasteiger partial charge < -0.3 is 9.84 Å². The Labute approximate surface area is 134 Å². The highest BCUT2D eigenvalue weighted by atomic mass is 79.9. The number of aliphatic carboxylic acids is 1. The molecule has 2 atom stereocenters. The molecule has 1 fully saturated rings. The first-order valence-corrected chi connectivity index (χ1v) is 8.13. The average molecular weight is 353 g/mol. The van der Waals surface area contributed by atoms with Gasteiger partial charge in [0.25, 0.3) is 0 Å². The molecule has 1 aromatic carbocycles. The van der Waals surface area contributed by atoms with E-state index in [4.69, 9.17) is 9.84 Å². The Hall–Kier alpha value is -1.29. The molecule has 0 amide bonds. The number of carboxylic acid groups (broad SMARTS) is 1. The highest BCUT2D eigenvalue weighted by Gasteiger charge is 2.21. The number of hydrogen-bond donors (Lipinski definition) is 1. The van der Waals surface area contributed by atoms with Crippen LogP contribution in [0.3, 0.4) is 0 Å². The lowest BCUT2D eigenvalue weighted by Gasteiger charge is -2.28. The van der Waals surface area contributed by atoms with Gasteiger partial charge in [0, 0.05) is 16.1 Å². The van der Waals surface area contributed by atoms with E-state index in [1.807, 2.05) is 19.1 Å². The molecular formula is C17H21BrO3. The van der Waals surface area contributed by atoms with Crippen LogP contribution in [0.1, 0.15) is 43.7 Å². The molecule has 21 heavy (non-hydrogen) atoms. The fourth-order valence-corrected chi connectivity index (χ4v) is 3.44. The minimum atomic E-state index is -0.954. The summed E-state index contributed by atoms with van der Waals surface area (Å²) in [5.74, 6) is 0.539. The topological polar surface area (TPSA) is 46.5 Å². The molecule has 2 rings (SSSR count). The lowest BCUT2D eigenvalue weighted by Crippen LogP contribution is -2.24. The van der Waals surface area contributed by atoms with Gasteiger partial charge in [0.05, 0.1) is 6.10 Å². The van der Waals surface area contributed by atoms with Crippen LogP contribution < -0.4 is 4.74 Å². The minimum absolute atomic E-state index is 0.227. The lowest BCUT2D eigenvalue weighted by atomic mass is 9.88. The molecule has 4 heteroatoms. The van der Waals surface area contributed by atoms with E-state index in [1.54, 1.807) is 6.08 Å². The van der Waals surface area contributed by atoms with E-state index in [0.717, 1.165) is 40.3 Å². The minimum Gasteiger partial charge on any atom is -0.490 e. The largest absolute Gasteiger partial charge is 0.490 e. The van der Waals surface area contributed by atoms with E-state index >= 15 is 0 Å². The average Bonchev–Trinajstić information content (AvgIpc) is 2.39. The quantitative estimate of drug-likeness (QED) is 0.790. The van der Waals surface area contributed by atoms with E-state index in [1.165, 1.54) is 12.8 Å². The van der Waals surface area contributed by atoms with Crippen molar-refractivity contribution in [2.45, 2.75) is 45.6 Å². The molecular weight excluding hydrogens is 332 g/mol. The summed E-state index contributed by atoms with van der Waals surface area (Å²) in [4.78, 5) is 10.7. The van der Waals surface area contributed by atoms with Crippen molar-refractivity contribution in [1.82, 2.24) is 0 Å². The molecule has 3 nitrogen and oxygen atoms in total. The summed E-state index contributed by atoms with van der Waals surface area (Å²) >= 11 is 3.45. The number of aryl methyl sites for hydroxylation is 1. The first kappa shape index (κ1) is 16.1. The van der Waals surface area contributed by atoms with E-state index in [9.17, 15) is 4.79 Å². The van der Waals surface area contributed by atoms with Crippen molar-refractivity contribution in [3.63, 3.8) is 0 Å². The number of benzene rings is 1. The summed E-state index contributed by atoms with van der Waals surface area (Å²) in [6.45, 7) is 4.25. The standard InChI is InChI=1S/C17H21BrO3/c1-11-4-3-5-15(8-11)21-17-12(2)9-14(18)10-13(17)6-7-16(19)20/h6-7,9-11,15H,3-5,8H2,1-2H3,(H,19,20)/b7-6+. The van der Waals surface area contributed by atoms with Crippen molar-refractivity contribution >= 4 is 28.0 Å². The van der Waals surface area contributed by atoms with Crippen LogP contribution in [0.15, 0.2) is 22.7 Å². The fourth-order valence-electron chi connectivity index (χ4n) is 2.85. The monoisotopic (exact) mass is 352 g/mol. The van der Waals surface area contributed by atoms with Crippen LogP contribution in [0.25, 0.3) is 6.08 Å². The lowest BCUT2D eigenvalue weighted by molar-refractivity contribution is -0.131. The highest BCUT2D eigenvalue weighted by Crippen LogP contribution is 2.33. The number of carboxylic acids is 1. The Morgan fingerprint density at radius 2 is 2.19 bits per heavy atom. The van der Waals surface area contributed by atoms with E-state index in [0.29, 0.717) is 5.92 Å². The second kappa shape index (κ2) is 7.12. The number of halogens is 1. The fraction of sp³-hybridized carbons (Fsp3) is 0.471. The van der Waals surface area contributed by atoms with Gasteiger partial charge in [0.2, 0.25) is 0 Å². The van der Waals surface area contributed by atoms with Gasteiger partial charge in [-0.1, -0.05) is 29.3 Å². The van der Waals surface area contributed by atoms with E-state index in [-0.39, 0.29) is 6.10 Å². The van der Waals surface area contributed by atoms with Gasteiger partial charge in [-0.05, 0) is 55.9 Å². The zero-order chi connectivity index (χ0) is 15.4. The third kappa shape index (κ3) is 4.60. The van der Waals surface area contributed by atoms with E-state index < -0.39 is 5.97 Å². The zero-order valence-electron chi connectivity index (χ0n) is 12.4. The van der Waals surface area contributed by atoms with Gasteiger partial charge in [0.1, 0.15) is 5.75 Å². The zero-order valence-corrected chi connectivity index (χ0v) is 14.0. The first-order valence-electron chi connectivity index (χ1n) is 7.33. The molecule has 114 valence electrons. The Morgan fingerprint density at radius 1 is 1.43 bits per heavy atom. The van der Waals surface area contributed by atoms with Crippen molar-refractivity contribution in [2.24, 2.45) is 5.92 Å². The van der Waals surface area contributed by atoms with Gasteiger partial charge in [-0.15, -0.1) is 0 Å². The predicted octanol–water partition coefficient (Wildman–Crippen LogP) is 4.81. The maximum Gasteiger partial charge on any atom is 0.328 e. The third-order valence-electron chi connectivity index (χ3n) is 3.85. The number of hydrogen-bond acceptors (Lipinski definition) is 2. The Bertz CT molecular complexity index is 551. The van der Waals surface area contributed by atoms with Gasteiger partial charge in [-0.2, -0.15) is 0 Å². The van der Waals surface area contributed by atoms with Crippen molar-refractivity contribution < 1.29 is 14.6 Å². The Morgan fingerprint density at radius 3 is 2.86 bits per heavy atom. The van der Waals surface area contributed by atoms with Crippen LogP contribution >= 0.6 is 15.9 Å². The van der Waals surface area contributed by atoms with Crippen LogP contribution in [0, 0.1) is 12.8 Å². The van der Waals surface area contributed by atoms with Crippen LogP contribution in [0.4, 0.5) is 0 Å². The molecule has 0 aromatic heterocycles. The smallest absolute Gasteiger partial charge is 0.328 e. The molecule has 2 unspecified atom stereocenters. The van der Waals surface area contributed by atoms with Gasteiger partial charge in [0.15, 0.2) is 0 Å². The number of ether oxygens (including phenoxy) is 1. The molecule has 0 radical (unpaired) electrons. The van der Waals surface area contributed by atoms with Crippen LogP contribution in [0.5, 0.6) is 5.75 Å². The highest BCUT2D eigenvalue weighted by molar-refractivity contribution is 9.10. The SMILES string of the molecule is Cc1cc(Br)cc(/C=C/C(=O)O)c1OC1CCCC(C)C1. The second-order valence-corrected chi connectivity index (χ2v) is 6.74. The van der Waals surface area contributed by atoms with Crippen molar-refractivity contribution in [1.29, 1.82) is 0 Å². The van der Waals surface area contributed by atoms with Gasteiger partial charge >= 0.3 is 5.97 Å². The van der Waals surface area contributed by atoms with Crippen molar-refractivity contribution in [3.8, 4) is 5.75 Å². The molecule has 1 aromatic rings. The normalized spacial score (nSPS) is 22.4. The van der Waals surface area contributed by atoms with E-state index in [2.05, 4.69) is 22.9 Å². The molecule has 1 saturated carbocycles. The number of rotatable bonds is 4. The summed E-state index contributed by atoms with van der Waals surface area (Å²) < 4.78 is 7.14. The van der Waals surface area contributed by atoms with Crippen LogP contribution in [-0.2, 0) is 4.79 Å². The summed E-state index contributed by atoms with van der Waals surface area (Å²) in [5, 5.41) is 8.82. The summed E-state index contributed by atoms with van der Waals surface area (Å²) in [6, 6.07) is 3.90. The predicted molar refractivity (Wildman–Crippen MR) is 87.6 cm³/mol. The Kier molecular flexibility index (Phi) is 5.45. The molecule has 0 bridgehead atoms. The van der Waals surface area contributed by atoms with Crippen molar-refractivity contribution in [3.05, 3.63) is 33.8 Å². The maximum absolute atomic E-state index is 10.7. The molecule has 0 spiro atoms.